The van der Waals surface area contributed by atoms with Crippen molar-refractivity contribution in [1.82, 2.24) is 10.3 Å². The number of ether oxygens (including phenoxy) is 1. The van der Waals surface area contributed by atoms with E-state index >= 15 is 0 Å². The van der Waals surface area contributed by atoms with Crippen molar-refractivity contribution in [3.63, 3.8) is 0 Å². The monoisotopic (exact) mass is 271 g/mol. The Morgan fingerprint density at radius 3 is 2.60 bits per heavy atom. The van der Waals surface area contributed by atoms with Crippen molar-refractivity contribution in [3.8, 4) is 0 Å². The van der Waals surface area contributed by atoms with Gasteiger partial charge in [0.15, 0.2) is 0 Å². The molecule has 2 N–H and O–H groups in total. The maximum atomic E-state index is 11.7. The topological polar surface area (TPSA) is 63.2 Å². The first-order valence-electron chi connectivity index (χ1n) is 6.35. The fourth-order valence-electron chi connectivity index (χ4n) is 1.65. The van der Waals surface area contributed by atoms with Gasteiger partial charge in [-0.15, -0.1) is 0 Å². The number of hydrogen-bond acceptors (Lipinski definition) is 4. The third-order valence-corrected chi connectivity index (χ3v) is 2.65. The number of nitrogens with one attached hydrogen (secondary N) is 2. The first-order chi connectivity index (χ1) is 9.79. The Morgan fingerprint density at radius 1 is 1.15 bits per heavy atom. The SMILES string of the molecule is COCCNC(=O)c1ccc(Nc2ccccc2)cn1. The molecule has 2 rings (SSSR count). The first-order valence-corrected chi connectivity index (χ1v) is 6.35. The third-order valence-electron chi connectivity index (χ3n) is 2.65. The molecule has 0 saturated heterocycles. The molecule has 0 bridgehead atoms. The molecule has 20 heavy (non-hydrogen) atoms. The Bertz CT molecular complexity index is 541. The maximum absolute atomic E-state index is 11.7. The fraction of sp³-hybridized carbons (Fsp3) is 0.200. The van der Waals surface area contributed by atoms with Crippen LogP contribution in [0, 0.1) is 0 Å². The van der Waals surface area contributed by atoms with E-state index in [9.17, 15) is 4.79 Å². The Kier molecular flexibility index (Phi) is 5.08. The summed E-state index contributed by atoms with van der Waals surface area (Å²) >= 11 is 0. The summed E-state index contributed by atoms with van der Waals surface area (Å²) in [5.41, 5.74) is 2.20. The molecule has 5 heteroatoms. The van der Waals surface area contributed by atoms with Gasteiger partial charge in [0.25, 0.3) is 5.91 Å². The molecule has 0 radical (unpaired) electrons. The third kappa shape index (κ3) is 4.07. The van der Waals surface area contributed by atoms with Crippen LogP contribution in [0.1, 0.15) is 10.5 Å². The van der Waals surface area contributed by atoms with E-state index in [0.717, 1.165) is 11.4 Å². The summed E-state index contributed by atoms with van der Waals surface area (Å²) in [6.07, 6.45) is 1.64. The van der Waals surface area contributed by atoms with Crippen LogP contribution in [-0.2, 0) is 4.74 Å². The van der Waals surface area contributed by atoms with Crippen LogP contribution in [0.2, 0.25) is 0 Å². The fourth-order valence-corrected chi connectivity index (χ4v) is 1.65. The number of benzene rings is 1. The number of anilines is 2. The Hall–Kier alpha value is -2.40. The summed E-state index contributed by atoms with van der Waals surface area (Å²) in [6, 6.07) is 13.3. The van der Waals surface area contributed by atoms with Gasteiger partial charge in [-0.1, -0.05) is 18.2 Å². The number of carbonyl (C=O) groups is 1. The predicted octanol–water partition coefficient (Wildman–Crippen LogP) is 2.20. The van der Waals surface area contributed by atoms with Crippen LogP contribution < -0.4 is 10.6 Å². The molecule has 1 aromatic heterocycles. The van der Waals surface area contributed by atoms with E-state index in [4.69, 9.17) is 4.74 Å². The molecule has 0 unspecified atom stereocenters. The minimum absolute atomic E-state index is 0.201. The van der Waals surface area contributed by atoms with Crippen LogP contribution in [-0.4, -0.2) is 31.2 Å². The highest BCUT2D eigenvalue weighted by Crippen LogP contribution is 2.14. The van der Waals surface area contributed by atoms with E-state index in [0.29, 0.717) is 18.8 Å². The average Bonchev–Trinajstić information content (AvgIpc) is 2.49. The lowest BCUT2D eigenvalue weighted by atomic mass is 10.3. The number of pyridine rings is 1. The number of para-hydroxylation sites is 1. The van der Waals surface area contributed by atoms with E-state index < -0.39 is 0 Å². The number of rotatable bonds is 6. The van der Waals surface area contributed by atoms with Gasteiger partial charge in [-0.05, 0) is 24.3 Å². The molecule has 104 valence electrons. The molecule has 0 atom stereocenters. The summed E-state index contributed by atoms with van der Waals surface area (Å²) in [5, 5.41) is 5.93. The Morgan fingerprint density at radius 2 is 1.95 bits per heavy atom. The summed E-state index contributed by atoms with van der Waals surface area (Å²) in [6.45, 7) is 0.959. The molecule has 0 aliphatic heterocycles. The second-order valence-corrected chi connectivity index (χ2v) is 4.17. The number of methoxy groups -OCH3 is 1. The average molecular weight is 271 g/mol. The summed E-state index contributed by atoms with van der Waals surface area (Å²) in [7, 11) is 1.59. The van der Waals surface area contributed by atoms with Crippen LogP contribution in [0.15, 0.2) is 48.7 Å². The molecule has 1 heterocycles. The van der Waals surface area contributed by atoms with Crippen LogP contribution in [0.25, 0.3) is 0 Å². The van der Waals surface area contributed by atoms with Gasteiger partial charge in [-0.3, -0.25) is 4.79 Å². The van der Waals surface area contributed by atoms with Gasteiger partial charge in [-0.2, -0.15) is 0 Å². The highest BCUT2D eigenvalue weighted by Gasteiger charge is 2.06. The molecule has 0 aliphatic rings. The molecule has 1 amide bonds. The summed E-state index contributed by atoms with van der Waals surface area (Å²) in [5.74, 6) is -0.201. The number of aromatic nitrogens is 1. The lowest BCUT2D eigenvalue weighted by molar-refractivity contribution is 0.0932. The second kappa shape index (κ2) is 7.25. The van der Waals surface area contributed by atoms with Gasteiger partial charge in [0.1, 0.15) is 5.69 Å². The van der Waals surface area contributed by atoms with Gasteiger partial charge in [0.2, 0.25) is 0 Å². The Balaban J connectivity index is 1.94. The van der Waals surface area contributed by atoms with Crippen molar-refractivity contribution in [1.29, 1.82) is 0 Å². The van der Waals surface area contributed by atoms with E-state index in [2.05, 4.69) is 15.6 Å². The minimum Gasteiger partial charge on any atom is -0.383 e. The molecule has 0 aliphatic carbocycles. The van der Waals surface area contributed by atoms with Gasteiger partial charge in [0.05, 0.1) is 18.5 Å². The number of amides is 1. The first kappa shape index (κ1) is 14.0. The molecular weight excluding hydrogens is 254 g/mol. The maximum Gasteiger partial charge on any atom is 0.269 e. The zero-order valence-corrected chi connectivity index (χ0v) is 11.3. The zero-order valence-electron chi connectivity index (χ0n) is 11.3. The minimum atomic E-state index is -0.201. The van der Waals surface area contributed by atoms with E-state index in [1.54, 1.807) is 19.4 Å². The zero-order chi connectivity index (χ0) is 14.2. The van der Waals surface area contributed by atoms with Crippen molar-refractivity contribution >= 4 is 17.3 Å². The van der Waals surface area contributed by atoms with Gasteiger partial charge in [0, 0.05) is 19.3 Å². The van der Waals surface area contributed by atoms with Crippen LogP contribution in [0.3, 0.4) is 0 Å². The van der Waals surface area contributed by atoms with Crippen LogP contribution >= 0.6 is 0 Å². The molecule has 0 saturated carbocycles. The lowest BCUT2D eigenvalue weighted by Gasteiger charge is -2.07. The van der Waals surface area contributed by atoms with Gasteiger partial charge in [-0.25, -0.2) is 4.98 Å². The smallest absolute Gasteiger partial charge is 0.269 e. The summed E-state index contributed by atoms with van der Waals surface area (Å²) < 4.78 is 4.87. The van der Waals surface area contributed by atoms with Crippen LogP contribution in [0.4, 0.5) is 11.4 Å². The van der Waals surface area contributed by atoms with Gasteiger partial charge < -0.3 is 15.4 Å². The predicted molar refractivity (Wildman–Crippen MR) is 78.2 cm³/mol. The molecular formula is C15H17N3O2. The highest BCUT2D eigenvalue weighted by atomic mass is 16.5. The van der Waals surface area contributed by atoms with Crippen molar-refractivity contribution in [3.05, 3.63) is 54.4 Å². The van der Waals surface area contributed by atoms with Gasteiger partial charge >= 0.3 is 0 Å². The molecule has 1 aromatic carbocycles. The normalized spacial score (nSPS) is 10.1. The van der Waals surface area contributed by atoms with Crippen molar-refractivity contribution in [2.75, 3.05) is 25.6 Å². The van der Waals surface area contributed by atoms with E-state index in [1.165, 1.54) is 0 Å². The molecule has 0 fully saturated rings. The number of hydrogen-bond donors (Lipinski definition) is 2. The molecule has 0 spiro atoms. The number of carbonyl (C=O) groups excluding carboxylic acids is 1. The molecule has 2 aromatic rings. The summed E-state index contributed by atoms with van der Waals surface area (Å²) in [4.78, 5) is 15.9. The van der Waals surface area contributed by atoms with Crippen molar-refractivity contribution < 1.29 is 9.53 Å². The quantitative estimate of drug-likeness (QED) is 0.791. The Labute approximate surface area is 118 Å². The lowest BCUT2D eigenvalue weighted by Crippen LogP contribution is -2.27. The van der Waals surface area contributed by atoms with E-state index in [1.807, 2.05) is 36.4 Å². The molecule has 5 nitrogen and oxygen atoms in total. The number of nitrogens with zero attached hydrogens (tertiary/aromatic N) is 1. The second-order valence-electron chi connectivity index (χ2n) is 4.17. The standard InChI is InChI=1S/C15H17N3O2/c1-20-10-9-16-15(19)14-8-7-13(11-17-14)18-12-5-3-2-4-6-12/h2-8,11,18H,9-10H2,1H3,(H,16,19). The van der Waals surface area contributed by atoms with Crippen LogP contribution in [0.5, 0.6) is 0 Å². The van der Waals surface area contributed by atoms with Crippen molar-refractivity contribution in [2.24, 2.45) is 0 Å². The largest absolute Gasteiger partial charge is 0.383 e. The highest BCUT2D eigenvalue weighted by molar-refractivity contribution is 5.92. The van der Waals surface area contributed by atoms with E-state index in [-0.39, 0.29) is 5.91 Å². The van der Waals surface area contributed by atoms with Crippen molar-refractivity contribution in [2.45, 2.75) is 0 Å².